The highest BCUT2D eigenvalue weighted by molar-refractivity contribution is 5.77. The average molecular weight is 361 g/mol. The lowest BCUT2D eigenvalue weighted by Crippen LogP contribution is -2.46. The maximum atomic E-state index is 12.3. The van der Waals surface area contributed by atoms with E-state index < -0.39 is 0 Å². The van der Waals surface area contributed by atoms with Crippen LogP contribution in [0.25, 0.3) is 0 Å². The maximum Gasteiger partial charge on any atom is 0.225 e. The van der Waals surface area contributed by atoms with Crippen molar-refractivity contribution in [1.82, 2.24) is 15.3 Å². The Balaban J connectivity index is 1.74. The van der Waals surface area contributed by atoms with E-state index in [4.69, 9.17) is 9.72 Å². The van der Waals surface area contributed by atoms with Crippen molar-refractivity contribution in [2.45, 2.75) is 78.6 Å². The first-order valence-electron chi connectivity index (χ1n) is 9.77. The van der Waals surface area contributed by atoms with Crippen molar-refractivity contribution in [1.29, 1.82) is 0 Å². The Morgan fingerprint density at radius 1 is 1.31 bits per heavy atom. The van der Waals surface area contributed by atoms with Crippen LogP contribution in [0.2, 0.25) is 0 Å². The highest BCUT2D eigenvalue weighted by atomic mass is 16.5. The molecule has 144 valence electrons. The minimum absolute atomic E-state index is 0.00828. The van der Waals surface area contributed by atoms with Crippen LogP contribution in [0.15, 0.2) is 6.20 Å². The van der Waals surface area contributed by atoms with Gasteiger partial charge in [0.2, 0.25) is 11.9 Å². The van der Waals surface area contributed by atoms with Gasteiger partial charge in [-0.2, -0.15) is 0 Å². The summed E-state index contributed by atoms with van der Waals surface area (Å²) in [4.78, 5) is 24.0. The van der Waals surface area contributed by atoms with Gasteiger partial charge in [-0.15, -0.1) is 0 Å². The fourth-order valence-corrected chi connectivity index (χ4v) is 3.91. The molecule has 0 radical (unpaired) electrons. The molecule has 1 aromatic rings. The number of ether oxygens (including phenoxy) is 1. The lowest BCUT2D eigenvalue weighted by Gasteiger charge is -2.36. The Hall–Kier alpha value is -1.69. The standard InChI is InChI=1S/C20H32N4O2/c1-13-11-24(12-14(2)26-13)19-21-10-15-16(7-6-8-17(15)23-19)22-18(25)9-20(3,4)5/h10,13-14,16H,6-9,11-12H2,1-5H3,(H,22,25). The van der Waals surface area contributed by atoms with E-state index in [0.29, 0.717) is 6.42 Å². The largest absolute Gasteiger partial charge is 0.372 e. The van der Waals surface area contributed by atoms with Crippen LogP contribution in [0.3, 0.4) is 0 Å². The number of anilines is 1. The molecule has 3 unspecified atom stereocenters. The molecule has 3 atom stereocenters. The molecule has 2 heterocycles. The fraction of sp³-hybridized carbons (Fsp3) is 0.750. The Kier molecular flexibility index (Phi) is 5.51. The Bertz CT molecular complexity index is 646. The SMILES string of the molecule is CC1CN(c2ncc3c(n2)CCCC3NC(=O)CC(C)(C)C)CC(C)O1. The van der Waals surface area contributed by atoms with Crippen molar-refractivity contribution in [2.24, 2.45) is 5.41 Å². The van der Waals surface area contributed by atoms with Crippen molar-refractivity contribution in [2.75, 3.05) is 18.0 Å². The second-order valence-corrected chi connectivity index (χ2v) is 8.98. The van der Waals surface area contributed by atoms with Crippen LogP contribution in [0.1, 0.15) is 71.2 Å². The first-order chi connectivity index (χ1) is 12.2. The van der Waals surface area contributed by atoms with Gasteiger partial charge in [0.1, 0.15) is 0 Å². The van der Waals surface area contributed by atoms with E-state index in [1.165, 1.54) is 0 Å². The number of amides is 1. The third kappa shape index (κ3) is 4.72. The third-order valence-electron chi connectivity index (χ3n) is 4.90. The van der Waals surface area contributed by atoms with Gasteiger partial charge in [-0.3, -0.25) is 4.79 Å². The lowest BCUT2D eigenvalue weighted by atomic mass is 9.89. The number of carbonyl (C=O) groups excluding carboxylic acids is 1. The number of morpholine rings is 1. The second-order valence-electron chi connectivity index (χ2n) is 8.98. The molecule has 1 fully saturated rings. The van der Waals surface area contributed by atoms with E-state index in [1.807, 2.05) is 6.20 Å². The monoisotopic (exact) mass is 360 g/mol. The van der Waals surface area contributed by atoms with Crippen LogP contribution >= 0.6 is 0 Å². The van der Waals surface area contributed by atoms with E-state index in [2.05, 4.69) is 49.8 Å². The fourth-order valence-electron chi connectivity index (χ4n) is 3.91. The lowest BCUT2D eigenvalue weighted by molar-refractivity contribution is -0.123. The molecule has 1 saturated heterocycles. The van der Waals surface area contributed by atoms with Gasteiger partial charge < -0.3 is 15.0 Å². The third-order valence-corrected chi connectivity index (χ3v) is 4.90. The smallest absolute Gasteiger partial charge is 0.225 e. The summed E-state index contributed by atoms with van der Waals surface area (Å²) in [5.41, 5.74) is 2.15. The summed E-state index contributed by atoms with van der Waals surface area (Å²) in [7, 11) is 0. The quantitative estimate of drug-likeness (QED) is 0.897. The topological polar surface area (TPSA) is 67.4 Å². The van der Waals surface area contributed by atoms with Crippen LogP contribution in [-0.4, -0.2) is 41.2 Å². The average Bonchev–Trinajstić information content (AvgIpc) is 2.52. The Morgan fingerprint density at radius 3 is 2.65 bits per heavy atom. The molecule has 1 aromatic heterocycles. The zero-order valence-electron chi connectivity index (χ0n) is 16.7. The minimum atomic E-state index is -0.00828. The molecule has 6 heteroatoms. The first-order valence-corrected chi connectivity index (χ1v) is 9.77. The number of fused-ring (bicyclic) bond motifs is 1. The van der Waals surface area contributed by atoms with Gasteiger partial charge in [0.25, 0.3) is 0 Å². The molecule has 1 N–H and O–H groups in total. The number of aryl methyl sites for hydroxylation is 1. The van der Waals surface area contributed by atoms with Crippen molar-refractivity contribution < 1.29 is 9.53 Å². The van der Waals surface area contributed by atoms with Gasteiger partial charge >= 0.3 is 0 Å². The zero-order chi connectivity index (χ0) is 18.9. The number of aromatic nitrogens is 2. The number of nitrogens with zero attached hydrogens (tertiary/aromatic N) is 3. The number of rotatable bonds is 3. The molecule has 0 spiro atoms. The van der Waals surface area contributed by atoms with Gasteiger partial charge in [0.15, 0.2) is 0 Å². The zero-order valence-corrected chi connectivity index (χ0v) is 16.7. The molecular formula is C20H32N4O2. The van der Waals surface area contributed by atoms with Crippen LogP contribution in [0.4, 0.5) is 5.95 Å². The van der Waals surface area contributed by atoms with Crippen molar-refractivity contribution in [3.05, 3.63) is 17.5 Å². The number of hydrogen-bond acceptors (Lipinski definition) is 5. The predicted octanol–water partition coefficient (Wildman–Crippen LogP) is 3.02. The first kappa shape index (κ1) is 19.1. The van der Waals surface area contributed by atoms with Crippen molar-refractivity contribution in [3.63, 3.8) is 0 Å². The molecule has 3 rings (SSSR count). The Labute approximate surface area is 156 Å². The van der Waals surface area contributed by atoms with Crippen LogP contribution < -0.4 is 10.2 Å². The van der Waals surface area contributed by atoms with Gasteiger partial charge in [-0.05, 0) is 38.5 Å². The van der Waals surface area contributed by atoms with Crippen LogP contribution in [-0.2, 0) is 16.0 Å². The summed E-state index contributed by atoms with van der Waals surface area (Å²) in [5.74, 6) is 0.891. The minimum Gasteiger partial charge on any atom is -0.372 e. The van der Waals surface area contributed by atoms with E-state index in [0.717, 1.165) is 49.6 Å². The summed E-state index contributed by atoms with van der Waals surface area (Å²) < 4.78 is 5.81. The van der Waals surface area contributed by atoms with E-state index in [1.54, 1.807) is 0 Å². The van der Waals surface area contributed by atoms with Gasteiger partial charge in [-0.1, -0.05) is 20.8 Å². The van der Waals surface area contributed by atoms with E-state index >= 15 is 0 Å². The molecule has 1 amide bonds. The molecule has 0 aromatic carbocycles. The molecular weight excluding hydrogens is 328 g/mol. The summed E-state index contributed by atoms with van der Waals surface area (Å²) >= 11 is 0. The molecule has 0 saturated carbocycles. The van der Waals surface area contributed by atoms with Crippen molar-refractivity contribution >= 4 is 11.9 Å². The number of hydrogen-bond donors (Lipinski definition) is 1. The van der Waals surface area contributed by atoms with Gasteiger partial charge in [0.05, 0.1) is 23.9 Å². The highest BCUT2D eigenvalue weighted by Crippen LogP contribution is 2.30. The Morgan fingerprint density at radius 2 is 2.00 bits per heavy atom. The summed E-state index contributed by atoms with van der Waals surface area (Å²) in [6.07, 6.45) is 5.76. The molecule has 1 aliphatic carbocycles. The predicted molar refractivity (Wildman–Crippen MR) is 102 cm³/mol. The molecule has 6 nitrogen and oxygen atoms in total. The van der Waals surface area contributed by atoms with Crippen molar-refractivity contribution in [3.8, 4) is 0 Å². The summed E-state index contributed by atoms with van der Waals surface area (Å²) in [6, 6.07) is 0.0326. The van der Waals surface area contributed by atoms with Gasteiger partial charge in [-0.25, -0.2) is 9.97 Å². The van der Waals surface area contributed by atoms with Gasteiger partial charge in [0, 0.05) is 31.3 Å². The number of nitrogens with one attached hydrogen (secondary N) is 1. The molecule has 26 heavy (non-hydrogen) atoms. The van der Waals surface area contributed by atoms with E-state index in [9.17, 15) is 4.79 Å². The molecule has 0 bridgehead atoms. The molecule has 2 aliphatic rings. The van der Waals surface area contributed by atoms with E-state index in [-0.39, 0.29) is 29.6 Å². The normalized spacial score (nSPS) is 26.3. The molecule has 1 aliphatic heterocycles. The van der Waals surface area contributed by atoms with Crippen LogP contribution in [0.5, 0.6) is 0 Å². The van der Waals surface area contributed by atoms with Crippen LogP contribution in [0, 0.1) is 5.41 Å². The summed E-state index contributed by atoms with van der Waals surface area (Å²) in [6.45, 7) is 12.1. The number of carbonyl (C=O) groups is 1. The second kappa shape index (κ2) is 7.51. The highest BCUT2D eigenvalue weighted by Gasteiger charge is 2.28. The summed E-state index contributed by atoms with van der Waals surface area (Å²) in [5, 5.41) is 3.19. The maximum absolute atomic E-state index is 12.3.